The van der Waals surface area contributed by atoms with E-state index in [4.69, 9.17) is 16.3 Å². The molecule has 1 amide bonds. The number of aromatic nitrogens is 1. The van der Waals surface area contributed by atoms with Gasteiger partial charge in [-0.3, -0.25) is 4.79 Å². The zero-order valence-electron chi connectivity index (χ0n) is 16.6. The van der Waals surface area contributed by atoms with Crippen LogP contribution in [0.3, 0.4) is 0 Å². The van der Waals surface area contributed by atoms with E-state index < -0.39 is 0 Å². The Balaban J connectivity index is 1.74. The lowest BCUT2D eigenvalue weighted by Crippen LogP contribution is -2.46. The second-order valence-corrected chi connectivity index (χ2v) is 7.48. The van der Waals surface area contributed by atoms with Crippen molar-refractivity contribution in [3.63, 3.8) is 0 Å². The number of nitrogens with zero attached hydrogens (tertiary/aromatic N) is 3. The fourth-order valence-electron chi connectivity index (χ4n) is 3.21. The highest BCUT2D eigenvalue weighted by Crippen LogP contribution is 2.28. The molecule has 1 aliphatic rings. The van der Waals surface area contributed by atoms with E-state index in [0.717, 1.165) is 44.1 Å². The molecule has 1 aliphatic heterocycles. The van der Waals surface area contributed by atoms with Crippen molar-refractivity contribution in [2.24, 2.45) is 0 Å². The van der Waals surface area contributed by atoms with Crippen LogP contribution >= 0.6 is 11.6 Å². The van der Waals surface area contributed by atoms with Crippen LogP contribution in [0.1, 0.15) is 31.1 Å². The highest BCUT2D eigenvalue weighted by atomic mass is 35.5. The minimum atomic E-state index is -0.245. The molecular weight excluding hydrogens is 376 g/mol. The van der Waals surface area contributed by atoms with Crippen LogP contribution in [0.5, 0.6) is 5.88 Å². The number of pyridine rings is 1. The number of piperazine rings is 1. The average Bonchev–Trinajstić information content (AvgIpc) is 2.69. The van der Waals surface area contributed by atoms with E-state index in [1.165, 1.54) is 6.20 Å². The molecule has 0 bridgehead atoms. The zero-order chi connectivity index (χ0) is 20.1. The van der Waals surface area contributed by atoms with Crippen LogP contribution in [0, 0.1) is 0 Å². The van der Waals surface area contributed by atoms with Crippen LogP contribution in [0.4, 0.5) is 11.4 Å². The van der Waals surface area contributed by atoms with Gasteiger partial charge >= 0.3 is 0 Å². The van der Waals surface area contributed by atoms with Crippen molar-refractivity contribution in [1.29, 1.82) is 0 Å². The Labute approximate surface area is 171 Å². The summed E-state index contributed by atoms with van der Waals surface area (Å²) in [5, 5.41) is 3.33. The Kier molecular flexibility index (Phi) is 6.75. The van der Waals surface area contributed by atoms with Crippen LogP contribution in [-0.2, 0) is 0 Å². The number of carbonyl (C=O) groups is 1. The molecule has 3 rings (SSSR count). The van der Waals surface area contributed by atoms with E-state index in [0.29, 0.717) is 16.5 Å². The zero-order valence-corrected chi connectivity index (χ0v) is 17.4. The third-order valence-electron chi connectivity index (χ3n) is 4.73. The predicted octanol–water partition coefficient (Wildman–Crippen LogP) is 3.92. The van der Waals surface area contributed by atoms with Crippen LogP contribution in [-0.4, -0.2) is 54.6 Å². The first-order valence-electron chi connectivity index (χ1n) is 9.67. The summed E-state index contributed by atoms with van der Waals surface area (Å²) in [6, 6.07) is 9.47. The number of likely N-dealkylation sites (N-methyl/N-ethyl adjacent to an activating group) is 1. The fraction of sp³-hybridized carbons (Fsp3) is 0.429. The lowest BCUT2D eigenvalue weighted by Gasteiger charge is -2.36. The first-order chi connectivity index (χ1) is 13.5. The Morgan fingerprint density at radius 2 is 1.96 bits per heavy atom. The van der Waals surface area contributed by atoms with Crippen molar-refractivity contribution >= 4 is 28.9 Å². The Morgan fingerprint density at radius 3 is 2.61 bits per heavy atom. The molecule has 1 N–H and O–H groups in total. The highest BCUT2D eigenvalue weighted by molar-refractivity contribution is 6.32. The predicted molar refractivity (Wildman–Crippen MR) is 114 cm³/mol. The van der Waals surface area contributed by atoms with Gasteiger partial charge in [0.15, 0.2) is 0 Å². The SMILES string of the molecule is CCN1CCN(c2ccccc2NC(=O)c2cnc(OC(C)C)c(Cl)c2)CC1. The summed E-state index contributed by atoms with van der Waals surface area (Å²) in [7, 11) is 0. The molecule has 7 heteroatoms. The van der Waals surface area contributed by atoms with E-state index >= 15 is 0 Å². The summed E-state index contributed by atoms with van der Waals surface area (Å²) >= 11 is 6.22. The van der Waals surface area contributed by atoms with Crippen molar-refractivity contribution < 1.29 is 9.53 Å². The number of para-hydroxylation sites is 2. The normalized spacial score (nSPS) is 15.0. The Bertz CT molecular complexity index is 820. The largest absolute Gasteiger partial charge is 0.474 e. The van der Waals surface area contributed by atoms with E-state index in [2.05, 4.69) is 27.0 Å². The van der Waals surface area contributed by atoms with Gasteiger partial charge in [-0.1, -0.05) is 30.7 Å². The maximum absolute atomic E-state index is 12.8. The van der Waals surface area contributed by atoms with E-state index in [1.54, 1.807) is 6.07 Å². The number of halogens is 1. The van der Waals surface area contributed by atoms with E-state index in [1.807, 2.05) is 38.1 Å². The molecular formula is C21H27ClN4O2. The summed E-state index contributed by atoms with van der Waals surface area (Å²) in [6.45, 7) is 11.0. The van der Waals surface area contributed by atoms with Gasteiger partial charge in [0.05, 0.1) is 23.0 Å². The molecule has 1 fully saturated rings. The van der Waals surface area contributed by atoms with Crippen LogP contribution < -0.4 is 15.0 Å². The summed E-state index contributed by atoms with van der Waals surface area (Å²) < 4.78 is 5.53. The van der Waals surface area contributed by atoms with Gasteiger partial charge in [-0.15, -0.1) is 0 Å². The Hall–Kier alpha value is -2.31. The van der Waals surface area contributed by atoms with Gasteiger partial charge in [0.2, 0.25) is 5.88 Å². The minimum Gasteiger partial charge on any atom is -0.474 e. The van der Waals surface area contributed by atoms with Crippen LogP contribution in [0.2, 0.25) is 5.02 Å². The maximum Gasteiger partial charge on any atom is 0.257 e. The van der Waals surface area contributed by atoms with Gasteiger partial charge in [0, 0.05) is 32.4 Å². The van der Waals surface area contributed by atoms with Crippen LogP contribution in [0.25, 0.3) is 0 Å². The number of ether oxygens (including phenoxy) is 1. The number of nitrogens with one attached hydrogen (secondary N) is 1. The molecule has 0 radical (unpaired) electrons. The smallest absolute Gasteiger partial charge is 0.257 e. The number of benzene rings is 1. The summed E-state index contributed by atoms with van der Waals surface area (Å²) in [6.07, 6.45) is 1.45. The van der Waals surface area contributed by atoms with Gasteiger partial charge in [-0.25, -0.2) is 4.98 Å². The van der Waals surface area contributed by atoms with Crippen molar-refractivity contribution in [1.82, 2.24) is 9.88 Å². The molecule has 0 unspecified atom stereocenters. The second kappa shape index (κ2) is 9.26. The van der Waals surface area contributed by atoms with Crippen molar-refractivity contribution in [2.45, 2.75) is 26.9 Å². The van der Waals surface area contributed by atoms with Gasteiger partial charge in [0.1, 0.15) is 5.02 Å². The monoisotopic (exact) mass is 402 g/mol. The molecule has 1 aromatic heterocycles. The molecule has 28 heavy (non-hydrogen) atoms. The number of hydrogen-bond acceptors (Lipinski definition) is 5. The summed E-state index contributed by atoms with van der Waals surface area (Å²) in [5.74, 6) is 0.0903. The molecule has 0 atom stereocenters. The first kappa shape index (κ1) is 20.4. The third-order valence-corrected chi connectivity index (χ3v) is 5.00. The van der Waals surface area contributed by atoms with Gasteiger partial charge in [-0.05, 0) is 38.6 Å². The van der Waals surface area contributed by atoms with Crippen LogP contribution in [0.15, 0.2) is 36.5 Å². The molecule has 2 heterocycles. The van der Waals surface area contributed by atoms with Gasteiger partial charge in [-0.2, -0.15) is 0 Å². The molecule has 0 saturated carbocycles. The van der Waals surface area contributed by atoms with Crippen molar-refractivity contribution in [2.75, 3.05) is 42.9 Å². The quantitative estimate of drug-likeness (QED) is 0.793. The molecule has 1 aromatic carbocycles. The highest BCUT2D eigenvalue weighted by Gasteiger charge is 2.19. The molecule has 150 valence electrons. The van der Waals surface area contributed by atoms with Crippen molar-refractivity contribution in [3.8, 4) is 5.88 Å². The number of amides is 1. The standard InChI is InChI=1S/C21H27ClN4O2/c1-4-25-9-11-26(12-10-25)19-8-6-5-7-18(19)24-20(27)16-13-17(22)21(23-14-16)28-15(2)3/h5-8,13-15H,4,9-12H2,1-3H3,(H,24,27). The molecule has 0 spiro atoms. The topological polar surface area (TPSA) is 57.7 Å². The van der Waals surface area contributed by atoms with Crippen molar-refractivity contribution in [3.05, 3.63) is 47.1 Å². The minimum absolute atomic E-state index is 0.0373. The molecule has 1 saturated heterocycles. The molecule has 6 nitrogen and oxygen atoms in total. The lowest BCUT2D eigenvalue weighted by molar-refractivity contribution is 0.102. The maximum atomic E-state index is 12.8. The van der Waals surface area contributed by atoms with Gasteiger partial charge in [0.25, 0.3) is 5.91 Å². The number of carbonyl (C=O) groups excluding carboxylic acids is 1. The lowest BCUT2D eigenvalue weighted by atomic mass is 10.2. The summed E-state index contributed by atoms with van der Waals surface area (Å²) in [5.41, 5.74) is 2.22. The third kappa shape index (κ3) is 4.94. The Morgan fingerprint density at radius 1 is 1.25 bits per heavy atom. The van der Waals surface area contributed by atoms with E-state index in [9.17, 15) is 4.79 Å². The molecule has 2 aromatic rings. The van der Waals surface area contributed by atoms with E-state index in [-0.39, 0.29) is 12.0 Å². The van der Waals surface area contributed by atoms with Gasteiger partial charge < -0.3 is 19.9 Å². The average molecular weight is 403 g/mol. The number of anilines is 2. The molecule has 0 aliphatic carbocycles. The first-order valence-corrected chi connectivity index (χ1v) is 10.1. The second-order valence-electron chi connectivity index (χ2n) is 7.07. The number of rotatable bonds is 6. The summed E-state index contributed by atoms with van der Waals surface area (Å²) in [4.78, 5) is 21.7. The fourth-order valence-corrected chi connectivity index (χ4v) is 3.42. The number of hydrogen-bond donors (Lipinski definition) is 1.